The normalized spacial score (nSPS) is 17.8. The Morgan fingerprint density at radius 3 is 2.50 bits per heavy atom. The van der Waals surface area contributed by atoms with Gasteiger partial charge in [-0.25, -0.2) is 9.97 Å². The first-order valence-electron chi connectivity index (χ1n) is 7.29. The van der Waals surface area contributed by atoms with Crippen molar-refractivity contribution in [3.05, 3.63) is 36.8 Å². The SMILES string of the molecule is CC(C)N1CCC(c2nccnc2-n2ccnc2)CC1. The van der Waals surface area contributed by atoms with Crippen molar-refractivity contribution in [1.82, 2.24) is 24.4 Å². The van der Waals surface area contributed by atoms with Gasteiger partial charge in [-0.05, 0) is 39.8 Å². The molecule has 0 aliphatic carbocycles. The molecule has 5 heteroatoms. The Bertz CT molecular complexity index is 541. The molecule has 1 aliphatic rings. The molecule has 0 radical (unpaired) electrons. The number of piperidine rings is 1. The van der Waals surface area contributed by atoms with E-state index in [0.717, 1.165) is 37.4 Å². The minimum atomic E-state index is 0.496. The second-order valence-electron chi connectivity index (χ2n) is 5.64. The van der Waals surface area contributed by atoms with Crippen LogP contribution in [0.1, 0.15) is 38.3 Å². The first-order valence-corrected chi connectivity index (χ1v) is 7.29. The number of likely N-dealkylation sites (tertiary alicyclic amines) is 1. The lowest BCUT2D eigenvalue weighted by atomic mass is 9.92. The van der Waals surface area contributed by atoms with Crippen LogP contribution in [0.4, 0.5) is 0 Å². The summed E-state index contributed by atoms with van der Waals surface area (Å²) in [6.07, 6.45) is 11.3. The molecule has 20 heavy (non-hydrogen) atoms. The highest BCUT2D eigenvalue weighted by Crippen LogP contribution is 2.30. The lowest BCUT2D eigenvalue weighted by Crippen LogP contribution is -2.38. The van der Waals surface area contributed by atoms with Gasteiger partial charge in [-0.2, -0.15) is 0 Å². The summed E-state index contributed by atoms with van der Waals surface area (Å²) in [6.45, 7) is 6.81. The highest BCUT2D eigenvalue weighted by molar-refractivity contribution is 5.31. The lowest BCUT2D eigenvalue weighted by molar-refractivity contribution is 0.170. The Labute approximate surface area is 119 Å². The standard InChI is InChI=1S/C15H21N5/c1-12(2)19-8-3-13(4-9-19)14-15(18-6-5-17-14)20-10-7-16-11-20/h5-7,10-13H,3-4,8-9H2,1-2H3. The minimum Gasteiger partial charge on any atom is -0.301 e. The number of aromatic nitrogens is 4. The molecule has 0 saturated carbocycles. The van der Waals surface area contributed by atoms with Crippen LogP contribution >= 0.6 is 0 Å². The molecule has 0 amide bonds. The average molecular weight is 271 g/mol. The smallest absolute Gasteiger partial charge is 0.159 e. The molecular weight excluding hydrogens is 250 g/mol. The van der Waals surface area contributed by atoms with Gasteiger partial charge in [-0.3, -0.25) is 9.55 Å². The maximum Gasteiger partial charge on any atom is 0.159 e. The Morgan fingerprint density at radius 2 is 1.85 bits per heavy atom. The molecule has 0 bridgehead atoms. The van der Waals surface area contributed by atoms with E-state index in [0.29, 0.717) is 12.0 Å². The molecule has 0 aromatic carbocycles. The van der Waals surface area contributed by atoms with E-state index in [9.17, 15) is 0 Å². The van der Waals surface area contributed by atoms with Crippen LogP contribution in [-0.2, 0) is 0 Å². The van der Waals surface area contributed by atoms with Crippen molar-refractivity contribution in [2.75, 3.05) is 13.1 Å². The fraction of sp³-hybridized carbons (Fsp3) is 0.533. The number of hydrogen-bond acceptors (Lipinski definition) is 4. The maximum absolute atomic E-state index is 4.60. The van der Waals surface area contributed by atoms with Gasteiger partial charge in [0.2, 0.25) is 0 Å². The minimum absolute atomic E-state index is 0.496. The summed E-state index contributed by atoms with van der Waals surface area (Å²) < 4.78 is 1.96. The van der Waals surface area contributed by atoms with Crippen molar-refractivity contribution in [3.63, 3.8) is 0 Å². The zero-order valence-corrected chi connectivity index (χ0v) is 12.1. The monoisotopic (exact) mass is 271 g/mol. The fourth-order valence-electron chi connectivity index (χ4n) is 2.90. The molecule has 0 N–H and O–H groups in total. The van der Waals surface area contributed by atoms with Crippen LogP contribution in [0.5, 0.6) is 0 Å². The van der Waals surface area contributed by atoms with Gasteiger partial charge in [0.1, 0.15) is 6.33 Å². The molecule has 1 aliphatic heterocycles. The van der Waals surface area contributed by atoms with Gasteiger partial charge >= 0.3 is 0 Å². The molecular formula is C15H21N5. The summed E-state index contributed by atoms with van der Waals surface area (Å²) in [6, 6.07) is 0.630. The average Bonchev–Trinajstić information content (AvgIpc) is 3.01. The van der Waals surface area contributed by atoms with Crippen molar-refractivity contribution in [2.24, 2.45) is 0 Å². The Kier molecular flexibility index (Phi) is 3.78. The molecule has 0 spiro atoms. The van der Waals surface area contributed by atoms with Crippen molar-refractivity contribution < 1.29 is 0 Å². The largest absolute Gasteiger partial charge is 0.301 e. The van der Waals surface area contributed by atoms with E-state index in [1.54, 1.807) is 24.9 Å². The Hall–Kier alpha value is -1.75. The summed E-state index contributed by atoms with van der Waals surface area (Å²) in [4.78, 5) is 15.7. The van der Waals surface area contributed by atoms with Crippen molar-refractivity contribution >= 4 is 0 Å². The molecule has 1 saturated heterocycles. The Balaban J connectivity index is 1.82. The third-order valence-corrected chi connectivity index (χ3v) is 4.10. The van der Waals surface area contributed by atoms with Crippen molar-refractivity contribution in [3.8, 4) is 5.82 Å². The summed E-state index contributed by atoms with van der Waals surface area (Å²) in [5.41, 5.74) is 1.11. The Morgan fingerprint density at radius 1 is 1.10 bits per heavy atom. The van der Waals surface area contributed by atoms with Crippen LogP contribution < -0.4 is 0 Å². The predicted molar refractivity (Wildman–Crippen MR) is 77.8 cm³/mol. The predicted octanol–water partition coefficient (Wildman–Crippen LogP) is 2.25. The van der Waals surface area contributed by atoms with Gasteiger partial charge in [0.15, 0.2) is 5.82 Å². The maximum atomic E-state index is 4.60. The van der Waals surface area contributed by atoms with Gasteiger partial charge in [-0.1, -0.05) is 0 Å². The number of nitrogens with zero attached hydrogens (tertiary/aromatic N) is 5. The summed E-state index contributed by atoms with van der Waals surface area (Å²) in [7, 11) is 0. The van der Waals surface area contributed by atoms with Gasteiger partial charge in [0.05, 0.1) is 5.69 Å². The molecule has 1 fully saturated rings. The molecule has 2 aromatic heterocycles. The molecule has 2 aromatic rings. The van der Waals surface area contributed by atoms with Crippen LogP contribution in [0.15, 0.2) is 31.1 Å². The summed E-state index contributed by atoms with van der Waals surface area (Å²) in [5, 5.41) is 0. The lowest BCUT2D eigenvalue weighted by Gasteiger charge is -2.34. The van der Waals surface area contributed by atoms with Crippen LogP contribution in [0, 0.1) is 0 Å². The van der Waals surface area contributed by atoms with E-state index < -0.39 is 0 Å². The number of imidazole rings is 1. The quantitative estimate of drug-likeness (QED) is 0.859. The van der Waals surface area contributed by atoms with Crippen molar-refractivity contribution in [1.29, 1.82) is 0 Å². The highest BCUT2D eigenvalue weighted by atomic mass is 15.2. The topological polar surface area (TPSA) is 46.8 Å². The van der Waals surface area contributed by atoms with Crippen LogP contribution in [-0.4, -0.2) is 43.6 Å². The molecule has 3 rings (SSSR count). The highest BCUT2D eigenvalue weighted by Gasteiger charge is 2.25. The number of rotatable bonds is 3. The van der Waals surface area contributed by atoms with Gasteiger partial charge in [0.25, 0.3) is 0 Å². The van der Waals surface area contributed by atoms with Crippen LogP contribution in [0.3, 0.4) is 0 Å². The van der Waals surface area contributed by atoms with E-state index in [-0.39, 0.29) is 0 Å². The van der Waals surface area contributed by atoms with Crippen molar-refractivity contribution in [2.45, 2.75) is 38.6 Å². The van der Waals surface area contributed by atoms with E-state index >= 15 is 0 Å². The van der Waals surface area contributed by atoms with Crippen LogP contribution in [0.2, 0.25) is 0 Å². The number of hydrogen-bond donors (Lipinski definition) is 0. The second-order valence-corrected chi connectivity index (χ2v) is 5.64. The van der Waals surface area contributed by atoms with E-state index in [1.165, 1.54) is 0 Å². The zero-order chi connectivity index (χ0) is 13.9. The third kappa shape index (κ3) is 2.58. The van der Waals surface area contributed by atoms with E-state index in [1.807, 2.05) is 10.8 Å². The third-order valence-electron chi connectivity index (χ3n) is 4.10. The van der Waals surface area contributed by atoms with E-state index in [2.05, 4.69) is 33.7 Å². The summed E-state index contributed by atoms with van der Waals surface area (Å²) >= 11 is 0. The molecule has 0 unspecified atom stereocenters. The molecule has 106 valence electrons. The molecule has 0 atom stereocenters. The van der Waals surface area contributed by atoms with E-state index in [4.69, 9.17) is 0 Å². The second kappa shape index (κ2) is 5.71. The van der Waals surface area contributed by atoms with Gasteiger partial charge in [-0.15, -0.1) is 0 Å². The molecule has 5 nitrogen and oxygen atoms in total. The first kappa shape index (κ1) is 13.2. The van der Waals surface area contributed by atoms with Gasteiger partial charge < -0.3 is 4.90 Å². The molecule has 3 heterocycles. The summed E-state index contributed by atoms with van der Waals surface area (Å²) in [5.74, 6) is 1.42. The first-order chi connectivity index (χ1) is 9.75. The van der Waals surface area contributed by atoms with Crippen LogP contribution in [0.25, 0.3) is 5.82 Å². The van der Waals surface area contributed by atoms with Gasteiger partial charge in [0, 0.05) is 36.7 Å². The zero-order valence-electron chi connectivity index (χ0n) is 12.1. The fourth-order valence-corrected chi connectivity index (χ4v) is 2.90.